The average molecular weight is 540 g/mol. The lowest BCUT2D eigenvalue weighted by atomic mass is 10.0. The highest BCUT2D eigenvalue weighted by atomic mass is 16.5. The zero-order valence-electron chi connectivity index (χ0n) is 22.5. The Morgan fingerprint density at radius 1 is 1.03 bits per heavy atom. The Morgan fingerprint density at radius 2 is 1.72 bits per heavy atom. The minimum Gasteiger partial charge on any atom is -0.466 e. The van der Waals surface area contributed by atoms with Crippen LogP contribution >= 0.6 is 0 Å². The maximum absolute atomic E-state index is 12.9. The number of amides is 1. The molecule has 0 spiro atoms. The molecule has 3 rings (SSSR count). The number of unbranched alkanes of at least 4 members (excludes halogenated alkanes) is 2. The Bertz CT molecular complexity index is 1310. The molecule has 5 N–H and O–H groups in total. The molecule has 1 unspecified atom stereocenters. The second kappa shape index (κ2) is 14.7. The number of carbonyl (C=O) groups is 3. The first-order chi connectivity index (χ1) is 18.8. The number of nitrogens with zero attached hydrogens (tertiary/aromatic N) is 1. The van der Waals surface area contributed by atoms with Crippen LogP contribution in [0.3, 0.4) is 0 Å². The molecule has 11 heteroatoms. The van der Waals surface area contributed by atoms with Gasteiger partial charge in [0.2, 0.25) is 5.95 Å². The summed E-state index contributed by atoms with van der Waals surface area (Å²) in [6, 6.07) is 6.03. The fourth-order valence-corrected chi connectivity index (χ4v) is 3.99. The highest BCUT2D eigenvalue weighted by molar-refractivity contribution is 5.96. The van der Waals surface area contributed by atoms with Crippen LogP contribution in [-0.2, 0) is 31.9 Å². The number of rotatable bonds is 15. The highest BCUT2D eigenvalue weighted by Crippen LogP contribution is 2.16. The molecule has 0 fully saturated rings. The van der Waals surface area contributed by atoms with Crippen LogP contribution in [0.5, 0.6) is 0 Å². The minimum absolute atomic E-state index is 0.00470. The summed E-state index contributed by atoms with van der Waals surface area (Å²) in [6.45, 7) is 4.57. The number of hydrogen-bond acceptors (Lipinski definition) is 8. The van der Waals surface area contributed by atoms with Gasteiger partial charge < -0.3 is 25.5 Å². The van der Waals surface area contributed by atoms with Crippen molar-refractivity contribution in [3.8, 4) is 0 Å². The van der Waals surface area contributed by atoms with Crippen LogP contribution in [0.2, 0.25) is 0 Å². The summed E-state index contributed by atoms with van der Waals surface area (Å²) in [6.07, 6.45) is 6.29. The zero-order valence-corrected chi connectivity index (χ0v) is 22.5. The van der Waals surface area contributed by atoms with Gasteiger partial charge in [-0.25, -0.2) is 4.79 Å². The number of anilines is 1. The molecule has 1 amide bonds. The van der Waals surface area contributed by atoms with Gasteiger partial charge in [-0.15, -0.1) is 0 Å². The van der Waals surface area contributed by atoms with Crippen LogP contribution in [0, 0.1) is 0 Å². The van der Waals surface area contributed by atoms with Gasteiger partial charge in [0, 0.05) is 18.2 Å². The standard InChI is InChI=1S/C28H37N5O6/c1-3-5-15-38-22(34)14-13-21(27(37)39-16-6-4-2)31-25(35)19-10-7-18(8-11-19)9-12-20-17-30-24-23(20)26(36)33-28(29)32-24/h7-8,10-11,17,21H,3-6,9,12-16H2,1-2H3,(H,31,35)(H4,29,30,32,33,36). The zero-order chi connectivity index (χ0) is 28.2. The molecule has 2 aromatic heterocycles. The van der Waals surface area contributed by atoms with E-state index >= 15 is 0 Å². The third-order valence-electron chi connectivity index (χ3n) is 6.27. The lowest BCUT2D eigenvalue weighted by Crippen LogP contribution is -2.42. The van der Waals surface area contributed by atoms with Crippen molar-refractivity contribution in [1.29, 1.82) is 0 Å². The number of H-pyrrole nitrogens is 2. The fourth-order valence-electron chi connectivity index (χ4n) is 3.99. The van der Waals surface area contributed by atoms with E-state index in [1.54, 1.807) is 18.3 Å². The maximum Gasteiger partial charge on any atom is 0.328 e. The Labute approximate surface area is 226 Å². The quantitative estimate of drug-likeness (QED) is 0.169. The fraction of sp³-hybridized carbons (Fsp3) is 0.464. The molecule has 2 heterocycles. The van der Waals surface area contributed by atoms with Crippen molar-refractivity contribution in [3.05, 3.63) is 57.5 Å². The molecule has 1 aromatic carbocycles. The van der Waals surface area contributed by atoms with Crippen molar-refractivity contribution in [1.82, 2.24) is 20.3 Å². The van der Waals surface area contributed by atoms with Crippen molar-refractivity contribution in [2.45, 2.75) is 71.3 Å². The molecule has 0 radical (unpaired) electrons. The van der Waals surface area contributed by atoms with E-state index < -0.39 is 23.9 Å². The molecule has 0 saturated carbocycles. The van der Waals surface area contributed by atoms with Gasteiger partial charge in [0.05, 0.1) is 18.6 Å². The largest absolute Gasteiger partial charge is 0.466 e. The lowest BCUT2D eigenvalue weighted by Gasteiger charge is -2.17. The number of aromatic nitrogens is 3. The second-order valence-electron chi connectivity index (χ2n) is 9.35. The number of benzene rings is 1. The van der Waals surface area contributed by atoms with Crippen LogP contribution in [0.1, 0.15) is 73.9 Å². The molecule has 1 atom stereocenters. The molecule has 210 valence electrons. The third-order valence-corrected chi connectivity index (χ3v) is 6.27. The van der Waals surface area contributed by atoms with E-state index in [0.29, 0.717) is 42.5 Å². The van der Waals surface area contributed by atoms with Crippen molar-refractivity contribution in [2.75, 3.05) is 18.9 Å². The van der Waals surface area contributed by atoms with Gasteiger partial charge in [-0.3, -0.25) is 19.4 Å². The van der Waals surface area contributed by atoms with E-state index in [1.165, 1.54) is 0 Å². The lowest BCUT2D eigenvalue weighted by molar-refractivity contribution is -0.147. The normalized spacial score (nSPS) is 11.7. The molecule has 0 saturated heterocycles. The van der Waals surface area contributed by atoms with E-state index in [4.69, 9.17) is 15.2 Å². The summed E-state index contributed by atoms with van der Waals surface area (Å²) >= 11 is 0. The SMILES string of the molecule is CCCCOC(=O)CCC(NC(=O)c1ccc(CCc2c[nH]c3nc(N)[nH]c(=O)c23)cc1)C(=O)OCCCC. The Kier molecular flexibility index (Phi) is 11.1. The number of carbonyl (C=O) groups excluding carboxylic acids is 3. The van der Waals surface area contributed by atoms with E-state index in [0.717, 1.165) is 30.4 Å². The number of esters is 2. The van der Waals surface area contributed by atoms with E-state index in [2.05, 4.69) is 20.3 Å². The van der Waals surface area contributed by atoms with Crippen LogP contribution in [0.15, 0.2) is 35.3 Å². The van der Waals surface area contributed by atoms with Gasteiger partial charge >= 0.3 is 11.9 Å². The van der Waals surface area contributed by atoms with Gasteiger partial charge in [-0.1, -0.05) is 38.8 Å². The number of nitrogen functional groups attached to an aromatic ring is 1. The highest BCUT2D eigenvalue weighted by Gasteiger charge is 2.24. The average Bonchev–Trinajstić information content (AvgIpc) is 3.33. The number of aryl methyl sites for hydroxylation is 2. The molecule has 0 bridgehead atoms. The molecule has 0 aliphatic carbocycles. The summed E-state index contributed by atoms with van der Waals surface area (Å²) in [5, 5.41) is 3.18. The van der Waals surface area contributed by atoms with Gasteiger partial charge in [0.25, 0.3) is 11.5 Å². The van der Waals surface area contributed by atoms with E-state index in [9.17, 15) is 19.2 Å². The predicted molar refractivity (Wildman–Crippen MR) is 147 cm³/mol. The first-order valence-electron chi connectivity index (χ1n) is 13.4. The van der Waals surface area contributed by atoms with Crippen LogP contribution in [0.4, 0.5) is 5.95 Å². The topological polar surface area (TPSA) is 169 Å². The summed E-state index contributed by atoms with van der Waals surface area (Å²) in [7, 11) is 0. The van der Waals surface area contributed by atoms with Crippen molar-refractivity contribution >= 4 is 34.8 Å². The van der Waals surface area contributed by atoms with Crippen molar-refractivity contribution < 1.29 is 23.9 Å². The molecule has 11 nitrogen and oxygen atoms in total. The third kappa shape index (κ3) is 8.69. The smallest absolute Gasteiger partial charge is 0.328 e. The minimum atomic E-state index is -0.963. The van der Waals surface area contributed by atoms with Crippen LogP contribution in [-0.4, -0.2) is 52.1 Å². The van der Waals surface area contributed by atoms with Crippen molar-refractivity contribution in [2.24, 2.45) is 0 Å². The second-order valence-corrected chi connectivity index (χ2v) is 9.35. The summed E-state index contributed by atoms with van der Waals surface area (Å²) in [4.78, 5) is 59.4. The molecule has 0 aliphatic heterocycles. The van der Waals surface area contributed by atoms with Gasteiger partial charge in [-0.05, 0) is 55.4 Å². The van der Waals surface area contributed by atoms with Gasteiger partial charge in [0.1, 0.15) is 11.7 Å². The summed E-state index contributed by atoms with van der Waals surface area (Å²) < 4.78 is 10.5. The van der Waals surface area contributed by atoms with Crippen LogP contribution in [0.25, 0.3) is 11.0 Å². The Hall–Kier alpha value is -4.15. The van der Waals surface area contributed by atoms with Gasteiger partial charge in [-0.2, -0.15) is 4.98 Å². The number of aromatic amines is 2. The number of hydrogen-bond donors (Lipinski definition) is 4. The van der Waals surface area contributed by atoms with Crippen LogP contribution < -0.4 is 16.6 Å². The Balaban J connectivity index is 1.60. The molecule has 39 heavy (non-hydrogen) atoms. The maximum atomic E-state index is 12.9. The monoisotopic (exact) mass is 539 g/mol. The molecular formula is C28H37N5O6. The van der Waals surface area contributed by atoms with Crippen molar-refractivity contribution in [3.63, 3.8) is 0 Å². The predicted octanol–water partition coefficient (Wildman–Crippen LogP) is 3.18. The molecule has 0 aliphatic rings. The van der Waals surface area contributed by atoms with E-state index in [1.807, 2.05) is 26.0 Å². The summed E-state index contributed by atoms with van der Waals surface area (Å²) in [5.74, 6) is -1.37. The summed E-state index contributed by atoms with van der Waals surface area (Å²) in [5.41, 5.74) is 7.90. The first-order valence-corrected chi connectivity index (χ1v) is 13.4. The number of nitrogens with one attached hydrogen (secondary N) is 3. The number of ether oxygens (including phenoxy) is 2. The van der Waals surface area contributed by atoms with E-state index in [-0.39, 0.29) is 31.0 Å². The van der Waals surface area contributed by atoms with Gasteiger partial charge in [0.15, 0.2) is 0 Å². The number of nitrogens with two attached hydrogens (primary N) is 1. The first kappa shape index (κ1) is 29.4. The Morgan fingerprint density at radius 3 is 2.41 bits per heavy atom. The number of fused-ring (bicyclic) bond motifs is 1. The molecular weight excluding hydrogens is 502 g/mol. The molecule has 3 aromatic rings.